The molecule has 0 unspecified atom stereocenters. The van der Waals surface area contributed by atoms with Crippen LogP contribution in [0.1, 0.15) is 44.9 Å². The Labute approximate surface area is 106 Å². The fraction of sp³-hybridized carbons (Fsp3) is 0.538. The first-order valence-electron chi connectivity index (χ1n) is 5.57. The van der Waals surface area contributed by atoms with Crippen molar-refractivity contribution < 1.29 is 17.3 Å². The van der Waals surface area contributed by atoms with Gasteiger partial charge in [-0.15, -0.1) is 0 Å². The third-order valence-electron chi connectivity index (χ3n) is 2.47. The molecule has 0 aromatic carbocycles. The SMILES string of the molecule is CC(C)[C](Cc1[c-]cc(C(C)C)nc1)=[Re]=[NH]. The molecule has 3 heteroatoms. The van der Waals surface area contributed by atoms with E-state index in [9.17, 15) is 0 Å². The summed E-state index contributed by atoms with van der Waals surface area (Å²) < 4.78 is 9.03. The molecule has 1 rings (SSSR count). The molecule has 2 nitrogen and oxygen atoms in total. The molecule has 16 heavy (non-hydrogen) atoms. The molecular weight excluding hydrogens is 370 g/mol. The predicted molar refractivity (Wildman–Crippen MR) is 63.4 cm³/mol. The van der Waals surface area contributed by atoms with E-state index in [0.717, 1.165) is 17.7 Å². The summed E-state index contributed by atoms with van der Waals surface area (Å²) in [5, 5.41) is 0. The third kappa shape index (κ3) is 3.81. The first-order chi connectivity index (χ1) is 7.54. The van der Waals surface area contributed by atoms with E-state index >= 15 is 0 Å². The number of hydrogen-bond acceptors (Lipinski definition) is 2. The normalized spacial score (nSPS) is 10.9. The molecule has 0 radical (unpaired) electrons. The Morgan fingerprint density at radius 1 is 1.44 bits per heavy atom. The quantitative estimate of drug-likeness (QED) is 0.789. The minimum atomic E-state index is -0.887. The summed E-state index contributed by atoms with van der Waals surface area (Å²) in [5.41, 5.74) is 2.23. The average Bonchev–Trinajstić information content (AvgIpc) is 2.26. The van der Waals surface area contributed by atoms with Crippen molar-refractivity contribution in [3.05, 3.63) is 29.6 Å². The van der Waals surface area contributed by atoms with Gasteiger partial charge in [0.15, 0.2) is 0 Å². The fourth-order valence-corrected chi connectivity index (χ4v) is 2.88. The molecule has 1 aromatic heterocycles. The van der Waals surface area contributed by atoms with Crippen molar-refractivity contribution in [3.63, 3.8) is 0 Å². The Balaban J connectivity index is 2.80. The van der Waals surface area contributed by atoms with Crippen LogP contribution in [0.25, 0.3) is 0 Å². The van der Waals surface area contributed by atoms with Gasteiger partial charge in [-0.05, 0) is 0 Å². The second-order valence-corrected chi connectivity index (χ2v) is 6.95. The number of hydrogen-bond donors (Lipinski definition) is 1. The van der Waals surface area contributed by atoms with Crippen molar-refractivity contribution in [3.8, 4) is 0 Å². The first kappa shape index (κ1) is 13.5. The van der Waals surface area contributed by atoms with Crippen molar-refractivity contribution in [1.82, 2.24) is 4.98 Å². The molecule has 0 fully saturated rings. The van der Waals surface area contributed by atoms with Gasteiger partial charge in [0, 0.05) is 0 Å². The van der Waals surface area contributed by atoms with Crippen LogP contribution in [0.4, 0.5) is 0 Å². The van der Waals surface area contributed by atoms with E-state index < -0.39 is 17.3 Å². The van der Waals surface area contributed by atoms with E-state index in [2.05, 4.69) is 38.7 Å². The summed E-state index contributed by atoms with van der Waals surface area (Å²) in [7, 11) is 0. The molecular formula is C13H19N2Re-. The third-order valence-corrected chi connectivity index (χ3v) is 5.39. The average molecular weight is 390 g/mol. The van der Waals surface area contributed by atoms with Crippen molar-refractivity contribution >= 4 is 3.98 Å². The summed E-state index contributed by atoms with van der Waals surface area (Å²) >= 11 is -0.887. The van der Waals surface area contributed by atoms with Gasteiger partial charge in [-0.3, -0.25) is 0 Å². The summed E-state index contributed by atoms with van der Waals surface area (Å²) in [6.45, 7) is 8.63. The number of nitrogens with one attached hydrogen (secondary N) is 1. The monoisotopic (exact) mass is 390 g/mol. The van der Waals surface area contributed by atoms with Crippen LogP contribution in [-0.4, -0.2) is 8.97 Å². The molecule has 1 heterocycles. The fourth-order valence-electron chi connectivity index (χ4n) is 1.33. The number of nitrogens with zero attached hydrogens (tertiary/aromatic N) is 1. The number of rotatable bonds is 4. The predicted octanol–water partition coefficient (Wildman–Crippen LogP) is 3.22. The van der Waals surface area contributed by atoms with Crippen LogP contribution in [0.2, 0.25) is 0 Å². The zero-order valence-electron chi connectivity index (χ0n) is 10.3. The van der Waals surface area contributed by atoms with Crippen LogP contribution in [0, 0.1) is 16.0 Å². The molecule has 0 amide bonds. The van der Waals surface area contributed by atoms with E-state index in [1.165, 1.54) is 3.98 Å². The van der Waals surface area contributed by atoms with Crippen LogP contribution in [0.5, 0.6) is 0 Å². The summed E-state index contributed by atoms with van der Waals surface area (Å²) in [6.07, 6.45) is 2.83. The molecule has 1 aromatic rings. The van der Waals surface area contributed by atoms with Gasteiger partial charge in [0.05, 0.1) is 0 Å². The Hall–Kier alpha value is -0.518. The topological polar surface area (TPSA) is 36.7 Å². The maximum atomic E-state index is 7.63. The van der Waals surface area contributed by atoms with Gasteiger partial charge in [0.25, 0.3) is 0 Å². The summed E-state index contributed by atoms with van der Waals surface area (Å²) in [5.74, 6) is 0.999. The van der Waals surface area contributed by atoms with Gasteiger partial charge in [-0.25, -0.2) is 0 Å². The molecule has 0 bridgehead atoms. The molecule has 89 valence electrons. The van der Waals surface area contributed by atoms with Gasteiger partial charge in [0.1, 0.15) is 0 Å². The van der Waals surface area contributed by atoms with E-state index in [1.807, 2.05) is 12.3 Å². The molecule has 1 N–H and O–H groups in total. The van der Waals surface area contributed by atoms with Crippen LogP contribution >= 0.6 is 0 Å². The van der Waals surface area contributed by atoms with E-state index in [-0.39, 0.29) is 0 Å². The molecule has 0 saturated carbocycles. The van der Waals surface area contributed by atoms with Crippen LogP contribution in [0.3, 0.4) is 0 Å². The Bertz CT molecular complexity index is 387. The second-order valence-electron chi connectivity index (χ2n) is 4.52. The Kier molecular flexibility index (Phi) is 5.31. The standard InChI is InChI=1S/C13H18N.HN.Re/c1-10(2)5-6-12-7-8-13(11(3)4)14-9-12;;/h8-11H,6H2,1-4H3;1H;/q-1;;. The molecule has 0 aliphatic heterocycles. The van der Waals surface area contributed by atoms with Gasteiger partial charge in [-0.2, -0.15) is 0 Å². The van der Waals surface area contributed by atoms with Crippen molar-refractivity contribution in [2.75, 3.05) is 0 Å². The molecule has 0 aliphatic carbocycles. The van der Waals surface area contributed by atoms with Gasteiger partial charge in [0.2, 0.25) is 0 Å². The van der Waals surface area contributed by atoms with E-state index in [1.54, 1.807) is 0 Å². The molecule has 0 saturated heterocycles. The number of aromatic nitrogens is 1. The Morgan fingerprint density at radius 3 is 2.50 bits per heavy atom. The second kappa shape index (κ2) is 6.27. The Morgan fingerprint density at radius 2 is 2.12 bits per heavy atom. The van der Waals surface area contributed by atoms with Crippen molar-refractivity contribution in [1.29, 1.82) is 3.99 Å². The zero-order chi connectivity index (χ0) is 12.1. The summed E-state index contributed by atoms with van der Waals surface area (Å²) in [4.78, 5) is 4.44. The van der Waals surface area contributed by atoms with Gasteiger partial charge >= 0.3 is 106 Å². The maximum absolute atomic E-state index is 7.63. The zero-order valence-corrected chi connectivity index (χ0v) is 13.1. The van der Waals surface area contributed by atoms with Gasteiger partial charge < -0.3 is 0 Å². The van der Waals surface area contributed by atoms with Crippen LogP contribution < -0.4 is 0 Å². The molecule has 0 aliphatic rings. The van der Waals surface area contributed by atoms with Crippen LogP contribution in [-0.2, 0) is 23.8 Å². The number of pyridine rings is 1. The summed E-state index contributed by atoms with van der Waals surface area (Å²) in [6, 6.07) is 5.29. The molecule has 0 atom stereocenters. The first-order valence-corrected chi connectivity index (χ1v) is 8.29. The van der Waals surface area contributed by atoms with E-state index in [0.29, 0.717) is 11.8 Å². The van der Waals surface area contributed by atoms with Crippen LogP contribution in [0.15, 0.2) is 12.3 Å². The van der Waals surface area contributed by atoms with Crippen molar-refractivity contribution in [2.45, 2.75) is 40.0 Å². The van der Waals surface area contributed by atoms with Gasteiger partial charge in [-0.1, -0.05) is 0 Å². The van der Waals surface area contributed by atoms with E-state index in [4.69, 9.17) is 3.99 Å². The minimum absolute atomic E-state index is 0.463. The van der Waals surface area contributed by atoms with Crippen molar-refractivity contribution in [2.24, 2.45) is 5.92 Å². The molecule has 0 spiro atoms.